The van der Waals surface area contributed by atoms with Gasteiger partial charge in [0.1, 0.15) is 12.0 Å². The maximum absolute atomic E-state index is 11.5. The number of unbranched alkanes of at least 4 members (excludes halogenated alkanes) is 5. The number of nitrogens with one attached hydrogen (secondary N) is 2. The van der Waals surface area contributed by atoms with Gasteiger partial charge in [-0.05, 0) is 19.8 Å². The molecule has 0 saturated carbocycles. The predicted octanol–water partition coefficient (Wildman–Crippen LogP) is 3.16. The van der Waals surface area contributed by atoms with Gasteiger partial charge in [-0.2, -0.15) is 0 Å². The second kappa shape index (κ2) is 15.1. The van der Waals surface area contributed by atoms with Crippen molar-refractivity contribution in [1.29, 1.82) is 0 Å². The summed E-state index contributed by atoms with van der Waals surface area (Å²) in [5.74, 6) is 0.127. The van der Waals surface area contributed by atoms with Crippen molar-refractivity contribution in [3.05, 3.63) is 0 Å². The molecule has 0 aliphatic rings. The maximum Gasteiger partial charge on any atom is 0.246 e. The number of carbonyl (C=O) groups excluding carboxylic acids is 2. The molecule has 0 aromatic carbocycles. The van der Waals surface area contributed by atoms with E-state index in [1.807, 2.05) is 20.8 Å². The monoisotopic (exact) mass is 364 g/mol. The largest absolute Gasteiger partial charge is 0.357 e. The SMILES string of the molecule is CC(OCC(=O)NCCCCCCCCNC(=O)C(C)C)SS. The van der Waals surface area contributed by atoms with Crippen LogP contribution in [0.1, 0.15) is 59.3 Å². The Labute approximate surface area is 149 Å². The van der Waals surface area contributed by atoms with E-state index in [9.17, 15) is 9.59 Å². The summed E-state index contributed by atoms with van der Waals surface area (Å²) in [4.78, 5) is 22.8. The van der Waals surface area contributed by atoms with E-state index >= 15 is 0 Å². The van der Waals surface area contributed by atoms with Crippen LogP contribution in [0.25, 0.3) is 0 Å². The highest BCUT2D eigenvalue weighted by molar-refractivity contribution is 8.68. The number of ether oxygens (including phenoxy) is 1. The normalized spacial score (nSPS) is 12.2. The molecule has 0 fully saturated rings. The first-order chi connectivity index (χ1) is 11.0. The number of thiol groups is 1. The van der Waals surface area contributed by atoms with Crippen molar-refractivity contribution in [2.24, 2.45) is 5.92 Å². The highest BCUT2D eigenvalue weighted by Crippen LogP contribution is 2.14. The van der Waals surface area contributed by atoms with E-state index in [4.69, 9.17) is 4.74 Å². The van der Waals surface area contributed by atoms with Crippen molar-refractivity contribution in [2.75, 3.05) is 19.7 Å². The van der Waals surface area contributed by atoms with Gasteiger partial charge in [0.25, 0.3) is 0 Å². The van der Waals surface area contributed by atoms with Gasteiger partial charge in [-0.3, -0.25) is 9.59 Å². The Kier molecular flexibility index (Phi) is 14.9. The summed E-state index contributed by atoms with van der Waals surface area (Å²) in [5, 5.41) is 5.78. The fourth-order valence-electron chi connectivity index (χ4n) is 1.88. The molecule has 23 heavy (non-hydrogen) atoms. The molecule has 0 aliphatic heterocycles. The summed E-state index contributed by atoms with van der Waals surface area (Å²) < 4.78 is 5.26. The second-order valence-electron chi connectivity index (χ2n) is 5.90. The minimum Gasteiger partial charge on any atom is -0.357 e. The van der Waals surface area contributed by atoms with E-state index in [0.717, 1.165) is 38.6 Å². The Hall–Kier alpha value is -0.400. The van der Waals surface area contributed by atoms with Gasteiger partial charge in [-0.1, -0.05) is 50.3 Å². The summed E-state index contributed by atoms with van der Waals surface area (Å²) in [6.07, 6.45) is 6.62. The average molecular weight is 365 g/mol. The van der Waals surface area contributed by atoms with Crippen LogP contribution in [0.5, 0.6) is 0 Å². The first-order valence-electron chi connectivity index (χ1n) is 8.43. The molecule has 0 rings (SSSR count). The quantitative estimate of drug-likeness (QED) is 0.192. The molecule has 7 heteroatoms. The van der Waals surface area contributed by atoms with Gasteiger partial charge in [0.05, 0.1) is 0 Å². The smallest absolute Gasteiger partial charge is 0.246 e. The topological polar surface area (TPSA) is 67.4 Å². The zero-order chi connectivity index (χ0) is 17.5. The van der Waals surface area contributed by atoms with Gasteiger partial charge in [0.2, 0.25) is 11.8 Å². The van der Waals surface area contributed by atoms with Crippen molar-refractivity contribution in [3.63, 3.8) is 0 Å². The molecule has 1 unspecified atom stereocenters. The standard InChI is InChI=1S/C16H32N2O3S2/c1-13(2)16(20)18-11-9-7-5-4-6-8-10-17-15(19)12-21-14(3)23-22/h13-14,22H,4-12H2,1-3H3,(H,17,19)(H,18,20). The number of amides is 2. The van der Waals surface area contributed by atoms with Crippen LogP contribution in [0.3, 0.4) is 0 Å². The first kappa shape index (κ1) is 22.6. The van der Waals surface area contributed by atoms with Gasteiger partial charge >= 0.3 is 0 Å². The van der Waals surface area contributed by atoms with Crippen molar-refractivity contribution >= 4 is 34.3 Å². The second-order valence-corrected chi connectivity index (χ2v) is 7.41. The van der Waals surface area contributed by atoms with E-state index in [0.29, 0.717) is 6.54 Å². The molecule has 0 aromatic heterocycles. The van der Waals surface area contributed by atoms with Crippen molar-refractivity contribution < 1.29 is 14.3 Å². The summed E-state index contributed by atoms with van der Waals surface area (Å²) in [6.45, 7) is 7.24. The molecule has 0 spiro atoms. The Balaban J connectivity index is 3.27. The molecule has 0 bridgehead atoms. The molecule has 1 atom stereocenters. The highest BCUT2D eigenvalue weighted by atomic mass is 33.1. The number of carbonyl (C=O) groups is 2. The van der Waals surface area contributed by atoms with E-state index < -0.39 is 0 Å². The Morgan fingerprint density at radius 3 is 2.00 bits per heavy atom. The van der Waals surface area contributed by atoms with Crippen LogP contribution in [0.4, 0.5) is 0 Å². The molecule has 136 valence electrons. The Morgan fingerprint density at radius 1 is 0.957 bits per heavy atom. The van der Waals surface area contributed by atoms with Crippen LogP contribution >= 0.6 is 22.5 Å². The zero-order valence-electron chi connectivity index (χ0n) is 14.6. The van der Waals surface area contributed by atoms with E-state index in [2.05, 4.69) is 22.3 Å². The zero-order valence-corrected chi connectivity index (χ0v) is 16.3. The van der Waals surface area contributed by atoms with Crippen LogP contribution in [0.15, 0.2) is 0 Å². The summed E-state index contributed by atoms with van der Waals surface area (Å²) >= 11 is 4.02. The lowest BCUT2D eigenvalue weighted by atomic mass is 10.1. The van der Waals surface area contributed by atoms with Gasteiger partial charge in [-0.25, -0.2) is 0 Å². The molecule has 2 amide bonds. The molecule has 2 N–H and O–H groups in total. The number of hydrogen-bond acceptors (Lipinski definition) is 5. The molecule has 5 nitrogen and oxygen atoms in total. The molecular weight excluding hydrogens is 332 g/mol. The van der Waals surface area contributed by atoms with Crippen molar-refractivity contribution in [1.82, 2.24) is 10.6 Å². The number of hydrogen-bond donors (Lipinski definition) is 3. The molecule has 0 saturated heterocycles. The summed E-state index contributed by atoms with van der Waals surface area (Å²) in [5.41, 5.74) is -0.0746. The van der Waals surface area contributed by atoms with Gasteiger partial charge < -0.3 is 15.4 Å². The summed E-state index contributed by atoms with van der Waals surface area (Å²) in [6, 6.07) is 0. The average Bonchev–Trinajstić information content (AvgIpc) is 2.53. The van der Waals surface area contributed by atoms with Gasteiger partial charge in [-0.15, -0.1) is 11.7 Å². The van der Waals surface area contributed by atoms with Crippen molar-refractivity contribution in [2.45, 2.75) is 64.7 Å². The fourth-order valence-corrected chi connectivity index (χ4v) is 2.19. The van der Waals surface area contributed by atoms with E-state index in [1.165, 1.54) is 17.2 Å². The first-order valence-corrected chi connectivity index (χ1v) is 10.4. The molecular formula is C16H32N2O3S2. The molecule has 0 radical (unpaired) electrons. The highest BCUT2D eigenvalue weighted by Gasteiger charge is 2.05. The third-order valence-corrected chi connectivity index (χ3v) is 4.67. The number of rotatable bonds is 14. The Morgan fingerprint density at radius 2 is 1.48 bits per heavy atom. The maximum atomic E-state index is 11.5. The summed E-state index contributed by atoms with van der Waals surface area (Å²) in [7, 11) is 1.28. The minimum atomic E-state index is -0.0746. The van der Waals surface area contributed by atoms with E-state index in [1.54, 1.807) is 0 Å². The third kappa shape index (κ3) is 14.9. The molecule has 0 aromatic rings. The van der Waals surface area contributed by atoms with Crippen LogP contribution in [0.2, 0.25) is 0 Å². The van der Waals surface area contributed by atoms with Crippen LogP contribution in [-0.4, -0.2) is 36.9 Å². The van der Waals surface area contributed by atoms with Crippen LogP contribution < -0.4 is 10.6 Å². The van der Waals surface area contributed by atoms with Gasteiger partial charge in [0, 0.05) is 19.0 Å². The fraction of sp³-hybridized carbons (Fsp3) is 0.875. The van der Waals surface area contributed by atoms with E-state index in [-0.39, 0.29) is 29.8 Å². The third-order valence-electron chi connectivity index (χ3n) is 3.35. The Bertz CT molecular complexity index is 328. The lowest BCUT2D eigenvalue weighted by molar-refractivity contribution is -0.126. The molecule has 0 aliphatic carbocycles. The lowest BCUT2D eigenvalue weighted by Gasteiger charge is -2.09. The van der Waals surface area contributed by atoms with Crippen molar-refractivity contribution in [3.8, 4) is 0 Å². The van der Waals surface area contributed by atoms with Crippen LogP contribution in [-0.2, 0) is 14.3 Å². The lowest BCUT2D eigenvalue weighted by Crippen LogP contribution is -2.29. The molecule has 0 heterocycles. The van der Waals surface area contributed by atoms with Crippen LogP contribution in [0, 0.1) is 5.92 Å². The van der Waals surface area contributed by atoms with Gasteiger partial charge in [0.15, 0.2) is 0 Å². The predicted molar refractivity (Wildman–Crippen MR) is 101 cm³/mol. The minimum absolute atomic E-state index is 0.0653.